The van der Waals surface area contributed by atoms with Crippen LogP contribution in [0.4, 0.5) is 0 Å². The molecule has 1 aromatic rings. The standard InChI is InChI=1S/C28H46/c1-3-5-6-7-8-24-9-11-25(12-10-24)13-14-26-17-21-28(22-18-26)27-19-15-23(4-2)16-20-27/h9-12,23,26-28H,3-8,13-22H2,1-2H3. The zero-order valence-electron chi connectivity index (χ0n) is 18.9. The van der Waals surface area contributed by atoms with Crippen LogP contribution in [0.2, 0.25) is 0 Å². The fourth-order valence-electron chi connectivity index (χ4n) is 6.02. The van der Waals surface area contributed by atoms with Gasteiger partial charge in [-0.25, -0.2) is 0 Å². The molecule has 0 radical (unpaired) electrons. The first-order valence-corrected chi connectivity index (χ1v) is 12.9. The number of benzene rings is 1. The molecule has 28 heavy (non-hydrogen) atoms. The second-order valence-corrected chi connectivity index (χ2v) is 10.1. The zero-order valence-corrected chi connectivity index (χ0v) is 18.9. The summed E-state index contributed by atoms with van der Waals surface area (Å²) in [7, 11) is 0. The van der Waals surface area contributed by atoms with E-state index in [0.717, 1.165) is 23.7 Å². The summed E-state index contributed by atoms with van der Waals surface area (Å²) < 4.78 is 0. The molecule has 2 aliphatic rings. The maximum atomic E-state index is 2.41. The molecule has 0 spiro atoms. The predicted molar refractivity (Wildman–Crippen MR) is 124 cm³/mol. The Balaban J connectivity index is 1.32. The Bertz CT molecular complexity index is 511. The largest absolute Gasteiger partial charge is 0.0654 e. The summed E-state index contributed by atoms with van der Waals surface area (Å²) in [5, 5.41) is 0. The van der Waals surface area contributed by atoms with Gasteiger partial charge in [0.15, 0.2) is 0 Å². The van der Waals surface area contributed by atoms with Crippen LogP contribution in [-0.2, 0) is 12.8 Å². The second-order valence-electron chi connectivity index (χ2n) is 10.1. The van der Waals surface area contributed by atoms with E-state index in [1.165, 1.54) is 95.5 Å². The Hall–Kier alpha value is -0.780. The Morgan fingerprint density at radius 3 is 1.68 bits per heavy atom. The molecule has 2 fully saturated rings. The first kappa shape index (κ1) is 21.9. The first-order chi connectivity index (χ1) is 13.8. The Labute approximate surface area is 175 Å². The molecule has 0 heteroatoms. The van der Waals surface area contributed by atoms with Crippen molar-refractivity contribution >= 4 is 0 Å². The molecule has 0 amide bonds. The molecule has 0 atom stereocenters. The van der Waals surface area contributed by atoms with Crippen LogP contribution in [0.1, 0.15) is 115 Å². The van der Waals surface area contributed by atoms with E-state index >= 15 is 0 Å². The van der Waals surface area contributed by atoms with Gasteiger partial charge in [0.1, 0.15) is 0 Å². The van der Waals surface area contributed by atoms with E-state index in [4.69, 9.17) is 0 Å². The van der Waals surface area contributed by atoms with Gasteiger partial charge in [-0.3, -0.25) is 0 Å². The summed E-state index contributed by atoms with van der Waals surface area (Å²) in [6.45, 7) is 4.68. The molecule has 0 heterocycles. The van der Waals surface area contributed by atoms with E-state index in [9.17, 15) is 0 Å². The van der Waals surface area contributed by atoms with E-state index in [1.54, 1.807) is 18.4 Å². The van der Waals surface area contributed by atoms with Gasteiger partial charge in [-0.1, -0.05) is 89.5 Å². The molecule has 0 aromatic heterocycles. The van der Waals surface area contributed by atoms with E-state index in [1.807, 2.05) is 0 Å². The van der Waals surface area contributed by atoms with Crippen molar-refractivity contribution in [2.45, 2.75) is 117 Å². The van der Waals surface area contributed by atoms with Crippen LogP contribution in [0.3, 0.4) is 0 Å². The number of hydrogen-bond acceptors (Lipinski definition) is 0. The molecule has 2 aliphatic carbocycles. The Morgan fingerprint density at radius 2 is 1.14 bits per heavy atom. The molecule has 1 aromatic carbocycles. The quantitative estimate of drug-likeness (QED) is 0.355. The van der Waals surface area contributed by atoms with Crippen molar-refractivity contribution in [3.63, 3.8) is 0 Å². The highest BCUT2D eigenvalue weighted by atomic mass is 14.4. The summed E-state index contributed by atoms with van der Waals surface area (Å²) in [6.07, 6.45) is 23.1. The highest BCUT2D eigenvalue weighted by Crippen LogP contribution is 2.42. The summed E-state index contributed by atoms with van der Waals surface area (Å²) in [5.74, 6) is 4.20. The fourth-order valence-corrected chi connectivity index (χ4v) is 6.02. The van der Waals surface area contributed by atoms with Gasteiger partial charge in [0, 0.05) is 0 Å². The van der Waals surface area contributed by atoms with Crippen LogP contribution in [0, 0.1) is 23.7 Å². The lowest BCUT2D eigenvalue weighted by Gasteiger charge is -2.37. The van der Waals surface area contributed by atoms with E-state index < -0.39 is 0 Å². The van der Waals surface area contributed by atoms with Crippen molar-refractivity contribution in [3.05, 3.63) is 35.4 Å². The van der Waals surface area contributed by atoms with E-state index in [-0.39, 0.29) is 0 Å². The fraction of sp³-hybridized carbons (Fsp3) is 0.786. The third kappa shape index (κ3) is 6.93. The molecule has 3 rings (SSSR count). The maximum Gasteiger partial charge on any atom is -0.0276 e. The molecule has 158 valence electrons. The van der Waals surface area contributed by atoms with Gasteiger partial charge in [-0.05, 0) is 86.2 Å². The van der Waals surface area contributed by atoms with Crippen molar-refractivity contribution in [3.8, 4) is 0 Å². The van der Waals surface area contributed by atoms with Crippen molar-refractivity contribution in [1.82, 2.24) is 0 Å². The molecule has 0 saturated heterocycles. The monoisotopic (exact) mass is 382 g/mol. The number of unbranched alkanes of at least 4 members (excludes halogenated alkanes) is 3. The van der Waals surface area contributed by atoms with Gasteiger partial charge in [0.05, 0.1) is 0 Å². The molecule has 0 aliphatic heterocycles. The van der Waals surface area contributed by atoms with Gasteiger partial charge < -0.3 is 0 Å². The molecule has 2 saturated carbocycles. The van der Waals surface area contributed by atoms with Crippen molar-refractivity contribution < 1.29 is 0 Å². The zero-order chi connectivity index (χ0) is 19.6. The molecular formula is C28H46. The minimum absolute atomic E-state index is 0.997. The van der Waals surface area contributed by atoms with Gasteiger partial charge in [0.2, 0.25) is 0 Å². The summed E-state index contributed by atoms with van der Waals surface area (Å²) in [5.41, 5.74) is 3.11. The predicted octanol–water partition coefficient (Wildman–Crippen LogP) is 8.76. The summed E-state index contributed by atoms with van der Waals surface area (Å²) in [6, 6.07) is 9.61. The Morgan fingerprint density at radius 1 is 0.607 bits per heavy atom. The SMILES string of the molecule is CCCCCCc1ccc(CCC2CCC(C3CCC(CC)CC3)CC2)cc1. The number of aryl methyl sites for hydroxylation is 2. The van der Waals surface area contributed by atoms with Crippen LogP contribution in [-0.4, -0.2) is 0 Å². The molecular weight excluding hydrogens is 336 g/mol. The van der Waals surface area contributed by atoms with Crippen molar-refractivity contribution in [2.75, 3.05) is 0 Å². The third-order valence-electron chi connectivity index (χ3n) is 8.21. The average Bonchev–Trinajstić information content (AvgIpc) is 2.76. The molecule has 0 nitrogen and oxygen atoms in total. The van der Waals surface area contributed by atoms with Crippen LogP contribution in [0.15, 0.2) is 24.3 Å². The Kier molecular flexibility index (Phi) is 9.42. The van der Waals surface area contributed by atoms with Gasteiger partial charge in [-0.2, -0.15) is 0 Å². The third-order valence-corrected chi connectivity index (χ3v) is 8.21. The topological polar surface area (TPSA) is 0 Å². The summed E-state index contributed by atoms with van der Waals surface area (Å²) >= 11 is 0. The molecule has 0 unspecified atom stereocenters. The lowest BCUT2D eigenvalue weighted by atomic mass is 9.68. The van der Waals surface area contributed by atoms with Gasteiger partial charge in [-0.15, -0.1) is 0 Å². The number of rotatable bonds is 10. The van der Waals surface area contributed by atoms with Crippen molar-refractivity contribution in [2.24, 2.45) is 23.7 Å². The first-order valence-electron chi connectivity index (χ1n) is 12.9. The summed E-state index contributed by atoms with van der Waals surface area (Å²) in [4.78, 5) is 0. The normalized spacial score (nSPS) is 28.4. The van der Waals surface area contributed by atoms with Crippen molar-refractivity contribution in [1.29, 1.82) is 0 Å². The van der Waals surface area contributed by atoms with E-state index in [0.29, 0.717) is 0 Å². The maximum absolute atomic E-state index is 2.41. The molecule has 0 N–H and O–H groups in total. The minimum Gasteiger partial charge on any atom is -0.0654 e. The van der Waals surface area contributed by atoms with Crippen LogP contribution >= 0.6 is 0 Å². The highest BCUT2D eigenvalue weighted by molar-refractivity contribution is 5.22. The number of hydrogen-bond donors (Lipinski definition) is 0. The lowest BCUT2D eigenvalue weighted by Crippen LogP contribution is -2.25. The van der Waals surface area contributed by atoms with E-state index in [2.05, 4.69) is 38.1 Å². The second kappa shape index (κ2) is 12.0. The van der Waals surface area contributed by atoms with Gasteiger partial charge >= 0.3 is 0 Å². The average molecular weight is 383 g/mol. The highest BCUT2D eigenvalue weighted by Gasteiger charge is 2.30. The van der Waals surface area contributed by atoms with Crippen LogP contribution in [0.5, 0.6) is 0 Å². The van der Waals surface area contributed by atoms with Crippen LogP contribution < -0.4 is 0 Å². The van der Waals surface area contributed by atoms with Gasteiger partial charge in [0.25, 0.3) is 0 Å². The minimum atomic E-state index is 0.997. The lowest BCUT2D eigenvalue weighted by molar-refractivity contribution is 0.142. The smallest absolute Gasteiger partial charge is 0.0276 e. The van der Waals surface area contributed by atoms with Crippen LogP contribution in [0.25, 0.3) is 0 Å². The molecule has 0 bridgehead atoms.